The fourth-order valence-electron chi connectivity index (χ4n) is 2.04. The summed E-state index contributed by atoms with van der Waals surface area (Å²) in [5, 5.41) is 3.28. The molecule has 1 aromatic rings. The molecule has 0 saturated heterocycles. The fraction of sp³-hybridized carbons (Fsp3) is 0.600. The average molecular weight is 314 g/mol. The molecule has 102 valence electrons. The molecule has 1 rings (SSSR count). The van der Waals surface area contributed by atoms with Crippen LogP contribution in [0.4, 0.5) is 0 Å². The van der Waals surface area contributed by atoms with Gasteiger partial charge in [-0.1, -0.05) is 41.1 Å². The Balaban J connectivity index is 2.44. The Bertz CT molecular complexity index is 330. The third kappa shape index (κ3) is 5.98. The summed E-state index contributed by atoms with van der Waals surface area (Å²) in [7, 11) is 2.01. The van der Waals surface area contributed by atoms with E-state index in [1.807, 2.05) is 7.05 Å². The molecule has 1 N–H and O–H groups in total. The molecule has 2 nitrogen and oxygen atoms in total. The van der Waals surface area contributed by atoms with Crippen LogP contribution in [0.3, 0.4) is 0 Å². The zero-order valence-electron chi connectivity index (χ0n) is 11.4. The second kappa shape index (κ2) is 9.54. The van der Waals surface area contributed by atoms with Crippen molar-refractivity contribution in [1.82, 2.24) is 5.32 Å². The number of halogens is 1. The topological polar surface area (TPSA) is 21.3 Å². The maximum atomic E-state index is 5.59. The van der Waals surface area contributed by atoms with Crippen LogP contribution in [-0.2, 0) is 11.2 Å². The SMILES string of the molecule is CCCOCCC(CNC)Cc1ccccc1Br. The Kier molecular flexibility index (Phi) is 8.31. The summed E-state index contributed by atoms with van der Waals surface area (Å²) in [6, 6.07) is 8.47. The molecule has 1 unspecified atom stereocenters. The number of ether oxygens (including phenoxy) is 1. The van der Waals surface area contributed by atoms with Gasteiger partial charge in [-0.3, -0.25) is 0 Å². The Morgan fingerprint density at radius 1 is 1.28 bits per heavy atom. The van der Waals surface area contributed by atoms with Crippen LogP contribution in [0.25, 0.3) is 0 Å². The van der Waals surface area contributed by atoms with Crippen molar-refractivity contribution >= 4 is 15.9 Å². The summed E-state index contributed by atoms with van der Waals surface area (Å²) in [5.74, 6) is 0.630. The minimum absolute atomic E-state index is 0.630. The normalized spacial score (nSPS) is 12.6. The summed E-state index contributed by atoms with van der Waals surface area (Å²) >= 11 is 3.62. The van der Waals surface area contributed by atoms with Crippen LogP contribution < -0.4 is 5.32 Å². The number of benzene rings is 1. The van der Waals surface area contributed by atoms with Gasteiger partial charge in [-0.2, -0.15) is 0 Å². The molecular weight excluding hydrogens is 290 g/mol. The molecule has 0 aliphatic heterocycles. The maximum Gasteiger partial charge on any atom is 0.0469 e. The smallest absolute Gasteiger partial charge is 0.0469 e. The zero-order valence-corrected chi connectivity index (χ0v) is 13.0. The summed E-state index contributed by atoms with van der Waals surface area (Å²) in [5.41, 5.74) is 1.38. The van der Waals surface area contributed by atoms with Gasteiger partial charge >= 0.3 is 0 Å². The first-order valence-electron chi connectivity index (χ1n) is 6.73. The molecule has 0 saturated carbocycles. The number of rotatable bonds is 9. The lowest BCUT2D eigenvalue weighted by Crippen LogP contribution is -2.22. The fourth-order valence-corrected chi connectivity index (χ4v) is 2.48. The third-order valence-corrected chi connectivity index (χ3v) is 3.75. The number of hydrogen-bond donors (Lipinski definition) is 1. The van der Waals surface area contributed by atoms with E-state index in [9.17, 15) is 0 Å². The van der Waals surface area contributed by atoms with Gasteiger partial charge in [0.05, 0.1) is 0 Å². The molecule has 0 aliphatic carbocycles. The highest BCUT2D eigenvalue weighted by Gasteiger charge is 2.10. The van der Waals surface area contributed by atoms with E-state index in [-0.39, 0.29) is 0 Å². The van der Waals surface area contributed by atoms with Gasteiger partial charge in [-0.15, -0.1) is 0 Å². The molecular formula is C15H24BrNO. The van der Waals surface area contributed by atoms with Crippen LogP contribution >= 0.6 is 15.9 Å². The van der Waals surface area contributed by atoms with Gasteiger partial charge in [0.25, 0.3) is 0 Å². The van der Waals surface area contributed by atoms with Crippen molar-refractivity contribution < 1.29 is 4.74 Å². The Morgan fingerprint density at radius 2 is 2.06 bits per heavy atom. The van der Waals surface area contributed by atoms with Gasteiger partial charge in [0, 0.05) is 17.7 Å². The highest BCUT2D eigenvalue weighted by molar-refractivity contribution is 9.10. The Morgan fingerprint density at radius 3 is 2.72 bits per heavy atom. The first kappa shape index (κ1) is 15.7. The largest absolute Gasteiger partial charge is 0.381 e. The quantitative estimate of drug-likeness (QED) is 0.703. The predicted octanol–water partition coefficient (Wildman–Crippen LogP) is 3.64. The van der Waals surface area contributed by atoms with Crippen LogP contribution in [0.2, 0.25) is 0 Å². The first-order chi connectivity index (χ1) is 8.77. The summed E-state index contributed by atoms with van der Waals surface area (Å²) in [6.07, 6.45) is 3.31. The van der Waals surface area contributed by atoms with E-state index in [1.54, 1.807) is 0 Å². The molecule has 3 heteroatoms. The molecule has 0 aliphatic rings. The third-order valence-electron chi connectivity index (χ3n) is 2.98. The predicted molar refractivity (Wildman–Crippen MR) is 81.0 cm³/mol. The lowest BCUT2D eigenvalue weighted by Gasteiger charge is -2.17. The molecule has 0 spiro atoms. The number of hydrogen-bond acceptors (Lipinski definition) is 2. The highest BCUT2D eigenvalue weighted by Crippen LogP contribution is 2.20. The Hall–Kier alpha value is -0.380. The summed E-state index contributed by atoms with van der Waals surface area (Å²) in [6.45, 7) is 4.93. The Labute approximate surface area is 119 Å². The van der Waals surface area contributed by atoms with Gasteiger partial charge in [0.15, 0.2) is 0 Å². The lowest BCUT2D eigenvalue weighted by atomic mass is 9.96. The second-order valence-corrected chi connectivity index (χ2v) is 5.47. The highest BCUT2D eigenvalue weighted by atomic mass is 79.9. The maximum absolute atomic E-state index is 5.59. The molecule has 18 heavy (non-hydrogen) atoms. The average Bonchev–Trinajstić information content (AvgIpc) is 2.37. The molecule has 0 amide bonds. The van der Waals surface area contributed by atoms with Crippen LogP contribution in [0, 0.1) is 5.92 Å². The molecule has 0 heterocycles. The van der Waals surface area contributed by atoms with E-state index in [4.69, 9.17) is 4.74 Å². The molecule has 1 aromatic carbocycles. The molecule has 0 bridgehead atoms. The van der Waals surface area contributed by atoms with Crippen molar-refractivity contribution in [2.75, 3.05) is 26.8 Å². The minimum atomic E-state index is 0.630. The minimum Gasteiger partial charge on any atom is -0.381 e. The van der Waals surface area contributed by atoms with Crippen LogP contribution in [-0.4, -0.2) is 26.8 Å². The molecule has 0 fully saturated rings. The van der Waals surface area contributed by atoms with E-state index >= 15 is 0 Å². The van der Waals surface area contributed by atoms with Crippen LogP contribution in [0.5, 0.6) is 0 Å². The van der Waals surface area contributed by atoms with Gasteiger partial charge in [-0.25, -0.2) is 0 Å². The van der Waals surface area contributed by atoms with Gasteiger partial charge < -0.3 is 10.1 Å². The van der Waals surface area contributed by atoms with Gasteiger partial charge in [-0.05, 0) is 50.4 Å². The van der Waals surface area contributed by atoms with E-state index in [0.717, 1.165) is 39.0 Å². The van der Waals surface area contributed by atoms with E-state index in [1.165, 1.54) is 10.0 Å². The van der Waals surface area contributed by atoms with Crippen LogP contribution in [0.1, 0.15) is 25.3 Å². The second-order valence-electron chi connectivity index (χ2n) is 4.62. The summed E-state index contributed by atoms with van der Waals surface area (Å²) in [4.78, 5) is 0. The van der Waals surface area contributed by atoms with Crippen molar-refractivity contribution in [3.05, 3.63) is 34.3 Å². The van der Waals surface area contributed by atoms with Crippen molar-refractivity contribution in [1.29, 1.82) is 0 Å². The van der Waals surface area contributed by atoms with Crippen molar-refractivity contribution in [2.24, 2.45) is 5.92 Å². The molecule has 0 radical (unpaired) electrons. The standard InChI is InChI=1S/C15H24BrNO/c1-3-9-18-10-8-13(12-17-2)11-14-6-4-5-7-15(14)16/h4-7,13,17H,3,8-12H2,1-2H3. The lowest BCUT2D eigenvalue weighted by molar-refractivity contribution is 0.120. The summed E-state index contributed by atoms with van der Waals surface area (Å²) < 4.78 is 6.80. The zero-order chi connectivity index (χ0) is 13.2. The van der Waals surface area contributed by atoms with E-state index in [0.29, 0.717) is 5.92 Å². The van der Waals surface area contributed by atoms with Gasteiger partial charge in [0.2, 0.25) is 0 Å². The first-order valence-corrected chi connectivity index (χ1v) is 7.53. The van der Waals surface area contributed by atoms with Crippen molar-refractivity contribution in [3.63, 3.8) is 0 Å². The molecule has 1 atom stereocenters. The monoisotopic (exact) mass is 313 g/mol. The van der Waals surface area contributed by atoms with Gasteiger partial charge in [0.1, 0.15) is 0 Å². The number of nitrogens with one attached hydrogen (secondary N) is 1. The van der Waals surface area contributed by atoms with Crippen molar-refractivity contribution in [2.45, 2.75) is 26.2 Å². The van der Waals surface area contributed by atoms with E-state index in [2.05, 4.69) is 52.4 Å². The van der Waals surface area contributed by atoms with E-state index < -0.39 is 0 Å². The molecule has 0 aromatic heterocycles. The van der Waals surface area contributed by atoms with Crippen molar-refractivity contribution in [3.8, 4) is 0 Å². The van der Waals surface area contributed by atoms with Crippen LogP contribution in [0.15, 0.2) is 28.7 Å².